The highest BCUT2D eigenvalue weighted by atomic mass is 16.4. The van der Waals surface area contributed by atoms with Gasteiger partial charge < -0.3 is 10.2 Å². The Morgan fingerprint density at radius 1 is 1.20 bits per heavy atom. The molecule has 15 heavy (non-hydrogen) atoms. The molecule has 0 aliphatic carbocycles. The van der Waals surface area contributed by atoms with E-state index in [1.54, 1.807) is 12.1 Å². The van der Waals surface area contributed by atoms with Crippen LogP contribution in [-0.2, 0) is 9.59 Å². The minimum Gasteiger partial charge on any atom is -0.478 e. The number of nitrogens with zero attached hydrogens (tertiary/aromatic N) is 1. The molecule has 0 spiro atoms. The second-order valence-corrected chi connectivity index (χ2v) is 1.75. The molecule has 5 heteroatoms. The first-order valence-corrected chi connectivity index (χ1v) is 3.67. The van der Waals surface area contributed by atoms with Crippen LogP contribution in [0.15, 0.2) is 37.5 Å². The molecule has 0 aromatic carbocycles. The van der Waals surface area contributed by atoms with Crippen molar-refractivity contribution >= 4 is 11.9 Å². The van der Waals surface area contributed by atoms with E-state index >= 15 is 0 Å². The van der Waals surface area contributed by atoms with E-state index in [4.69, 9.17) is 15.5 Å². The fourth-order valence-electron chi connectivity index (χ4n) is 0.143. The van der Waals surface area contributed by atoms with E-state index in [2.05, 4.69) is 13.2 Å². The predicted octanol–water partition coefficient (Wildman–Crippen LogP) is 1.60. The highest BCUT2D eigenvalue weighted by Crippen LogP contribution is 1.70. The SMILES string of the molecule is C=CC.C=CC#N.O=C(O)/C=C\C(=O)O. The Hall–Kier alpha value is -2.35. The molecule has 0 bridgehead atoms. The largest absolute Gasteiger partial charge is 0.478 e. The fraction of sp³-hybridized carbons (Fsp3) is 0.100. The maximum absolute atomic E-state index is 9.55. The lowest BCUT2D eigenvalue weighted by Gasteiger charge is -1.74. The normalized spacial score (nSPS) is 6.93. The van der Waals surface area contributed by atoms with Crippen LogP contribution in [0.5, 0.6) is 0 Å². The van der Waals surface area contributed by atoms with E-state index in [1.807, 2.05) is 6.92 Å². The summed E-state index contributed by atoms with van der Waals surface area (Å²) in [7, 11) is 0. The summed E-state index contributed by atoms with van der Waals surface area (Å²) in [4.78, 5) is 19.1. The van der Waals surface area contributed by atoms with E-state index in [0.717, 1.165) is 0 Å². The third-order valence-corrected chi connectivity index (χ3v) is 0.460. The molecule has 0 aromatic rings. The number of carboxylic acids is 2. The van der Waals surface area contributed by atoms with Crippen LogP contribution in [0.2, 0.25) is 0 Å². The van der Waals surface area contributed by atoms with Crippen molar-refractivity contribution in [3.05, 3.63) is 37.5 Å². The van der Waals surface area contributed by atoms with Crippen LogP contribution in [0.3, 0.4) is 0 Å². The van der Waals surface area contributed by atoms with Gasteiger partial charge in [-0.25, -0.2) is 9.59 Å². The fourth-order valence-corrected chi connectivity index (χ4v) is 0.143. The summed E-state index contributed by atoms with van der Waals surface area (Å²) in [6.07, 6.45) is 4.05. The molecule has 0 aliphatic rings. The van der Waals surface area contributed by atoms with Crippen molar-refractivity contribution in [1.29, 1.82) is 5.26 Å². The maximum atomic E-state index is 9.55. The lowest BCUT2D eigenvalue weighted by molar-refractivity contribution is -0.134. The van der Waals surface area contributed by atoms with Crippen molar-refractivity contribution in [2.75, 3.05) is 0 Å². The van der Waals surface area contributed by atoms with Gasteiger partial charge in [-0.15, -0.1) is 6.58 Å². The molecule has 0 rings (SSSR count). The van der Waals surface area contributed by atoms with Gasteiger partial charge in [0, 0.05) is 18.2 Å². The molecule has 0 unspecified atom stereocenters. The van der Waals surface area contributed by atoms with Gasteiger partial charge in [-0.2, -0.15) is 5.26 Å². The first-order valence-electron chi connectivity index (χ1n) is 3.67. The number of carbonyl (C=O) groups is 2. The zero-order valence-electron chi connectivity index (χ0n) is 8.38. The highest BCUT2D eigenvalue weighted by Gasteiger charge is 1.88. The molecular formula is C10H13NO4. The number of hydrogen-bond donors (Lipinski definition) is 2. The summed E-state index contributed by atoms with van der Waals surface area (Å²) in [5.74, 6) is -2.51. The smallest absolute Gasteiger partial charge is 0.328 e. The van der Waals surface area contributed by atoms with Crippen molar-refractivity contribution in [3.63, 3.8) is 0 Å². The molecule has 82 valence electrons. The average molecular weight is 211 g/mol. The van der Waals surface area contributed by atoms with Gasteiger partial charge in [0.2, 0.25) is 0 Å². The van der Waals surface area contributed by atoms with Gasteiger partial charge in [0.15, 0.2) is 0 Å². The summed E-state index contributed by atoms with van der Waals surface area (Å²) >= 11 is 0. The Kier molecular flexibility index (Phi) is 21.7. The molecule has 0 aliphatic heterocycles. The molecule has 0 radical (unpaired) electrons. The Bertz CT molecular complexity index is 258. The molecule has 0 aromatic heterocycles. The topological polar surface area (TPSA) is 98.4 Å². The first kappa shape index (κ1) is 18.4. The van der Waals surface area contributed by atoms with Crippen molar-refractivity contribution in [2.24, 2.45) is 0 Å². The zero-order valence-corrected chi connectivity index (χ0v) is 8.38. The van der Waals surface area contributed by atoms with E-state index in [-0.39, 0.29) is 0 Å². The van der Waals surface area contributed by atoms with Crippen LogP contribution in [0.25, 0.3) is 0 Å². The third kappa shape index (κ3) is 81.4. The molecule has 2 N–H and O–H groups in total. The Morgan fingerprint density at radius 2 is 1.40 bits per heavy atom. The standard InChI is InChI=1S/C4H4O4.C3H3N.C3H6/c5-3(6)1-2-4(7)8;1-2-3-4;1-3-2/h1-2H,(H,5,6)(H,7,8);2H,1H2;3H,1H2,2H3/b2-1-;;. The predicted molar refractivity (Wildman–Crippen MR) is 56.1 cm³/mol. The summed E-state index contributed by atoms with van der Waals surface area (Å²) in [5, 5.41) is 23.1. The van der Waals surface area contributed by atoms with Crippen molar-refractivity contribution in [1.82, 2.24) is 0 Å². The Balaban J connectivity index is -0.000000173. The van der Waals surface area contributed by atoms with E-state index in [9.17, 15) is 9.59 Å². The van der Waals surface area contributed by atoms with E-state index in [0.29, 0.717) is 12.2 Å². The van der Waals surface area contributed by atoms with Crippen molar-refractivity contribution in [2.45, 2.75) is 6.92 Å². The lowest BCUT2D eigenvalue weighted by atomic mass is 10.5. The highest BCUT2D eigenvalue weighted by molar-refractivity contribution is 5.89. The minimum absolute atomic E-state index is 0.558. The second-order valence-electron chi connectivity index (χ2n) is 1.75. The first-order chi connectivity index (χ1) is 6.95. The monoisotopic (exact) mass is 211 g/mol. The van der Waals surface area contributed by atoms with Crippen LogP contribution in [0.4, 0.5) is 0 Å². The number of hydrogen-bond acceptors (Lipinski definition) is 3. The number of allylic oxidation sites excluding steroid dienone is 2. The molecule has 5 nitrogen and oxygen atoms in total. The number of aliphatic carboxylic acids is 2. The molecular weight excluding hydrogens is 198 g/mol. The van der Waals surface area contributed by atoms with Gasteiger partial charge in [-0.05, 0) is 6.92 Å². The number of carboxylic acid groups (broad SMARTS) is 2. The second kappa shape index (κ2) is 17.7. The molecule has 0 amide bonds. The average Bonchev–Trinajstić information content (AvgIpc) is 2.16. The minimum atomic E-state index is -1.26. The van der Waals surface area contributed by atoms with Gasteiger partial charge in [0.25, 0.3) is 0 Å². The number of rotatable bonds is 2. The molecule has 0 saturated heterocycles. The zero-order chi connectivity index (χ0) is 12.7. The summed E-state index contributed by atoms with van der Waals surface area (Å²) in [5.41, 5.74) is 0. The quantitative estimate of drug-likeness (QED) is 0.410. The molecule has 0 fully saturated rings. The van der Waals surface area contributed by atoms with E-state index < -0.39 is 11.9 Å². The van der Waals surface area contributed by atoms with Crippen molar-refractivity contribution < 1.29 is 19.8 Å². The van der Waals surface area contributed by atoms with Gasteiger partial charge in [0.1, 0.15) is 0 Å². The number of nitriles is 1. The van der Waals surface area contributed by atoms with Crippen LogP contribution in [-0.4, -0.2) is 22.2 Å². The Labute approximate surface area is 88.3 Å². The van der Waals surface area contributed by atoms with Gasteiger partial charge in [-0.1, -0.05) is 12.7 Å². The van der Waals surface area contributed by atoms with Crippen LogP contribution in [0, 0.1) is 11.3 Å². The molecule has 0 heterocycles. The van der Waals surface area contributed by atoms with Gasteiger partial charge >= 0.3 is 11.9 Å². The third-order valence-electron chi connectivity index (χ3n) is 0.460. The van der Waals surface area contributed by atoms with Crippen molar-refractivity contribution in [3.8, 4) is 6.07 Å². The lowest BCUT2D eigenvalue weighted by Crippen LogP contribution is -1.91. The van der Waals surface area contributed by atoms with Crippen LogP contribution < -0.4 is 0 Å². The summed E-state index contributed by atoms with van der Waals surface area (Å²) in [6, 6.07) is 1.69. The van der Waals surface area contributed by atoms with E-state index in [1.165, 1.54) is 6.08 Å². The Morgan fingerprint density at radius 3 is 1.47 bits per heavy atom. The van der Waals surface area contributed by atoms with Crippen LogP contribution >= 0.6 is 0 Å². The molecule has 0 atom stereocenters. The summed E-state index contributed by atoms with van der Waals surface area (Å²) < 4.78 is 0. The van der Waals surface area contributed by atoms with Gasteiger partial charge in [0.05, 0.1) is 6.07 Å². The maximum Gasteiger partial charge on any atom is 0.328 e. The van der Waals surface area contributed by atoms with Gasteiger partial charge in [-0.3, -0.25) is 0 Å². The van der Waals surface area contributed by atoms with Crippen LogP contribution in [0.1, 0.15) is 6.92 Å². The summed E-state index contributed by atoms with van der Waals surface area (Å²) in [6.45, 7) is 8.37. The molecule has 0 saturated carbocycles.